The summed E-state index contributed by atoms with van der Waals surface area (Å²) in [5, 5.41) is 0.805. The van der Waals surface area contributed by atoms with Crippen molar-refractivity contribution in [3.8, 4) is 0 Å². The van der Waals surface area contributed by atoms with E-state index in [9.17, 15) is 4.39 Å². The molecule has 0 saturated heterocycles. The zero-order valence-corrected chi connectivity index (χ0v) is 12.5. The largest absolute Gasteiger partial charge is 0.271 e. The molecule has 0 amide bonds. The van der Waals surface area contributed by atoms with Crippen LogP contribution in [-0.2, 0) is 6.42 Å². The number of nitrogens with two attached hydrogens (primary N) is 1. The Morgan fingerprint density at radius 1 is 1.25 bits per heavy atom. The molecule has 0 fully saturated rings. The third kappa shape index (κ3) is 3.30. The molecular formula is C15H15Cl2FN2. The summed E-state index contributed by atoms with van der Waals surface area (Å²) in [5.74, 6) is 5.17. The summed E-state index contributed by atoms with van der Waals surface area (Å²) >= 11 is 12.1. The van der Waals surface area contributed by atoms with E-state index in [4.69, 9.17) is 29.0 Å². The highest BCUT2D eigenvalue weighted by atomic mass is 35.5. The molecule has 0 radical (unpaired) electrons. The first kappa shape index (κ1) is 15.3. The van der Waals surface area contributed by atoms with Crippen molar-refractivity contribution in [2.24, 2.45) is 5.84 Å². The van der Waals surface area contributed by atoms with Gasteiger partial charge in [-0.3, -0.25) is 11.3 Å². The van der Waals surface area contributed by atoms with Gasteiger partial charge < -0.3 is 0 Å². The monoisotopic (exact) mass is 312 g/mol. The van der Waals surface area contributed by atoms with E-state index in [1.807, 2.05) is 25.1 Å². The van der Waals surface area contributed by atoms with Gasteiger partial charge in [-0.1, -0.05) is 47.5 Å². The number of halogens is 3. The third-order valence-corrected chi connectivity index (χ3v) is 4.09. The second-order valence-electron chi connectivity index (χ2n) is 4.64. The van der Waals surface area contributed by atoms with Gasteiger partial charge >= 0.3 is 0 Å². The number of rotatable bonds is 4. The number of hydrogen-bond acceptors (Lipinski definition) is 2. The van der Waals surface area contributed by atoms with Crippen LogP contribution in [-0.4, -0.2) is 0 Å². The fourth-order valence-electron chi connectivity index (χ4n) is 2.02. The van der Waals surface area contributed by atoms with Crippen molar-refractivity contribution in [3.05, 3.63) is 69.0 Å². The Kier molecular flexibility index (Phi) is 5.00. The molecule has 0 heterocycles. The Labute approximate surface area is 127 Å². The van der Waals surface area contributed by atoms with Crippen molar-refractivity contribution in [2.75, 3.05) is 0 Å². The van der Waals surface area contributed by atoms with Crippen LogP contribution in [0.3, 0.4) is 0 Å². The molecule has 106 valence electrons. The predicted octanol–water partition coefficient (Wildman–Crippen LogP) is 4.19. The van der Waals surface area contributed by atoms with Crippen LogP contribution >= 0.6 is 23.2 Å². The summed E-state index contributed by atoms with van der Waals surface area (Å²) in [6, 6.07) is 10.3. The molecule has 0 saturated carbocycles. The van der Waals surface area contributed by atoms with Gasteiger partial charge in [-0.2, -0.15) is 0 Å². The fourth-order valence-corrected chi connectivity index (χ4v) is 2.42. The maximum absolute atomic E-state index is 13.4. The molecule has 0 aromatic heterocycles. The van der Waals surface area contributed by atoms with Crippen LogP contribution in [0.2, 0.25) is 10.0 Å². The molecule has 20 heavy (non-hydrogen) atoms. The Morgan fingerprint density at radius 2 is 2.00 bits per heavy atom. The van der Waals surface area contributed by atoms with Crippen LogP contribution in [0, 0.1) is 12.7 Å². The maximum atomic E-state index is 13.4. The average molecular weight is 313 g/mol. The van der Waals surface area contributed by atoms with E-state index in [0.29, 0.717) is 17.0 Å². The van der Waals surface area contributed by atoms with Gasteiger partial charge in [-0.15, -0.1) is 0 Å². The first-order valence-corrected chi connectivity index (χ1v) is 6.93. The molecule has 2 aromatic carbocycles. The van der Waals surface area contributed by atoms with Crippen molar-refractivity contribution in [3.63, 3.8) is 0 Å². The lowest BCUT2D eigenvalue weighted by atomic mass is 9.98. The molecule has 0 spiro atoms. The number of hydrogen-bond donors (Lipinski definition) is 2. The van der Waals surface area contributed by atoms with Gasteiger partial charge in [-0.25, -0.2) is 4.39 Å². The molecule has 2 aromatic rings. The van der Waals surface area contributed by atoms with Crippen molar-refractivity contribution in [2.45, 2.75) is 19.4 Å². The van der Waals surface area contributed by atoms with Crippen LogP contribution in [0.25, 0.3) is 0 Å². The quantitative estimate of drug-likeness (QED) is 0.656. The van der Waals surface area contributed by atoms with E-state index in [-0.39, 0.29) is 11.1 Å². The SMILES string of the molecule is Cc1ccc(C(Cc2cccc(F)c2Cl)NN)cc1Cl. The zero-order valence-electron chi connectivity index (χ0n) is 11.0. The number of hydrazine groups is 1. The van der Waals surface area contributed by atoms with Crippen LogP contribution in [0.5, 0.6) is 0 Å². The van der Waals surface area contributed by atoms with E-state index in [1.165, 1.54) is 6.07 Å². The van der Waals surface area contributed by atoms with Crippen LogP contribution < -0.4 is 11.3 Å². The zero-order chi connectivity index (χ0) is 14.7. The lowest BCUT2D eigenvalue weighted by molar-refractivity contribution is 0.548. The Bertz CT molecular complexity index is 617. The van der Waals surface area contributed by atoms with Crippen molar-refractivity contribution >= 4 is 23.2 Å². The Hall–Kier alpha value is -1.13. The highest BCUT2D eigenvalue weighted by Crippen LogP contribution is 2.27. The van der Waals surface area contributed by atoms with E-state index in [2.05, 4.69) is 5.43 Å². The number of aryl methyl sites for hydroxylation is 1. The van der Waals surface area contributed by atoms with Gasteiger partial charge in [0.2, 0.25) is 0 Å². The minimum Gasteiger partial charge on any atom is -0.271 e. The van der Waals surface area contributed by atoms with Gasteiger partial charge in [0.05, 0.1) is 11.1 Å². The normalized spacial score (nSPS) is 12.4. The Morgan fingerprint density at radius 3 is 2.65 bits per heavy atom. The third-order valence-electron chi connectivity index (χ3n) is 3.26. The van der Waals surface area contributed by atoms with Crippen LogP contribution in [0.1, 0.15) is 22.7 Å². The second kappa shape index (κ2) is 6.55. The molecular weight excluding hydrogens is 298 g/mol. The second-order valence-corrected chi connectivity index (χ2v) is 5.43. The van der Waals surface area contributed by atoms with E-state index in [1.54, 1.807) is 12.1 Å². The molecule has 2 rings (SSSR count). The standard InChI is InChI=1S/C15H15Cl2FN2/c1-9-5-6-10(7-12(9)16)14(20-19)8-11-3-2-4-13(18)15(11)17/h2-7,14,20H,8,19H2,1H3. The minimum absolute atomic E-state index is 0.131. The van der Waals surface area contributed by atoms with E-state index < -0.39 is 5.82 Å². The highest BCUT2D eigenvalue weighted by Gasteiger charge is 2.15. The lowest BCUT2D eigenvalue weighted by Gasteiger charge is -2.18. The number of nitrogens with one attached hydrogen (secondary N) is 1. The summed E-state index contributed by atoms with van der Waals surface area (Å²) in [5.41, 5.74) is 5.35. The maximum Gasteiger partial charge on any atom is 0.142 e. The van der Waals surface area contributed by atoms with Gasteiger partial charge in [0, 0.05) is 5.02 Å². The van der Waals surface area contributed by atoms with Crippen molar-refractivity contribution < 1.29 is 4.39 Å². The van der Waals surface area contributed by atoms with Crippen molar-refractivity contribution in [1.82, 2.24) is 5.43 Å². The molecule has 1 atom stereocenters. The summed E-state index contributed by atoms with van der Waals surface area (Å²) in [4.78, 5) is 0. The predicted molar refractivity (Wildman–Crippen MR) is 81.4 cm³/mol. The molecule has 2 nitrogen and oxygen atoms in total. The summed E-state index contributed by atoms with van der Waals surface area (Å²) in [6.45, 7) is 1.93. The minimum atomic E-state index is -0.429. The first-order valence-electron chi connectivity index (χ1n) is 6.18. The molecule has 0 aliphatic rings. The molecule has 0 aliphatic carbocycles. The van der Waals surface area contributed by atoms with Gasteiger partial charge in [-0.05, 0) is 42.2 Å². The van der Waals surface area contributed by atoms with Crippen molar-refractivity contribution in [1.29, 1.82) is 0 Å². The summed E-state index contributed by atoms with van der Waals surface area (Å²) < 4.78 is 13.4. The molecule has 0 aliphatic heterocycles. The summed E-state index contributed by atoms with van der Waals surface area (Å²) in [7, 11) is 0. The highest BCUT2D eigenvalue weighted by molar-refractivity contribution is 6.31. The van der Waals surface area contributed by atoms with Gasteiger partial charge in [0.1, 0.15) is 5.82 Å². The van der Waals surface area contributed by atoms with E-state index >= 15 is 0 Å². The van der Waals surface area contributed by atoms with Crippen LogP contribution in [0.4, 0.5) is 4.39 Å². The van der Waals surface area contributed by atoms with Gasteiger partial charge in [0.15, 0.2) is 0 Å². The van der Waals surface area contributed by atoms with Crippen LogP contribution in [0.15, 0.2) is 36.4 Å². The lowest BCUT2D eigenvalue weighted by Crippen LogP contribution is -2.29. The Balaban J connectivity index is 2.28. The smallest absolute Gasteiger partial charge is 0.142 e. The number of benzene rings is 2. The first-order chi connectivity index (χ1) is 9.52. The fraction of sp³-hybridized carbons (Fsp3) is 0.200. The molecule has 0 bridgehead atoms. The van der Waals surface area contributed by atoms with E-state index in [0.717, 1.165) is 11.1 Å². The molecule has 3 N–H and O–H groups in total. The summed E-state index contributed by atoms with van der Waals surface area (Å²) in [6.07, 6.45) is 0.479. The molecule has 1 unspecified atom stereocenters. The van der Waals surface area contributed by atoms with Gasteiger partial charge in [0.25, 0.3) is 0 Å². The topological polar surface area (TPSA) is 38.0 Å². The average Bonchev–Trinajstić information content (AvgIpc) is 2.44. The molecule has 5 heteroatoms.